The highest BCUT2D eigenvalue weighted by Gasteiger charge is 2.24. The van der Waals surface area contributed by atoms with Crippen molar-refractivity contribution >= 4 is 39.2 Å². The lowest BCUT2D eigenvalue weighted by atomic mass is 9.97. The third-order valence-corrected chi connectivity index (χ3v) is 6.77. The molecule has 0 atom stereocenters. The number of amides is 1. The van der Waals surface area contributed by atoms with Gasteiger partial charge in [0.05, 0.1) is 23.9 Å². The Morgan fingerprint density at radius 1 is 1.33 bits per heavy atom. The molecule has 0 radical (unpaired) electrons. The van der Waals surface area contributed by atoms with Crippen molar-refractivity contribution < 1.29 is 9.53 Å². The Kier molecular flexibility index (Phi) is 4.92. The minimum Gasteiger partial charge on any atom is -0.495 e. The molecule has 8 heteroatoms. The lowest BCUT2D eigenvalue weighted by Crippen LogP contribution is -2.23. The number of aryl methyl sites for hydroxylation is 2. The molecule has 0 aliphatic heterocycles. The van der Waals surface area contributed by atoms with Crippen molar-refractivity contribution in [1.29, 1.82) is 0 Å². The summed E-state index contributed by atoms with van der Waals surface area (Å²) in [5, 5.41) is 1.15. The summed E-state index contributed by atoms with van der Waals surface area (Å²) in [6, 6.07) is 7.32. The molecule has 1 amide bonds. The monoisotopic (exact) mass is 401 g/mol. The fourth-order valence-corrected chi connectivity index (χ4v) is 5.49. The molecule has 3 aromatic rings. The maximum absolute atomic E-state index is 13.5. The predicted molar refractivity (Wildman–Crippen MR) is 108 cm³/mol. The fraction of sp³-hybridized carbons (Fsp3) is 0.316. The summed E-state index contributed by atoms with van der Waals surface area (Å²) < 4.78 is 7.01. The molecule has 0 saturated carbocycles. The second kappa shape index (κ2) is 7.36. The van der Waals surface area contributed by atoms with Crippen LogP contribution in [0.25, 0.3) is 15.9 Å². The Morgan fingerprint density at radius 2 is 2.11 bits per heavy atom. The lowest BCUT2D eigenvalue weighted by molar-refractivity contribution is -0.115. The minimum atomic E-state index is -0.452. The molecule has 0 fully saturated rings. The van der Waals surface area contributed by atoms with Crippen LogP contribution < -0.4 is 16.0 Å². The van der Waals surface area contributed by atoms with E-state index in [1.165, 1.54) is 16.6 Å². The summed E-state index contributed by atoms with van der Waals surface area (Å²) in [5.74, 6) is 0.176. The number of carbonyl (C=O) groups is 1. The number of carbonyl (C=O) groups excluding carboxylic acids is 1. The van der Waals surface area contributed by atoms with Gasteiger partial charge in [-0.2, -0.15) is 0 Å². The first kappa shape index (κ1) is 18.1. The highest BCUT2D eigenvalue weighted by Crippen LogP contribution is 2.36. The summed E-state index contributed by atoms with van der Waals surface area (Å²) in [4.78, 5) is 31.6. The van der Waals surface area contributed by atoms with Gasteiger partial charge >= 0.3 is 0 Å². The zero-order chi connectivity index (χ0) is 19.0. The largest absolute Gasteiger partial charge is 0.495 e. The van der Waals surface area contributed by atoms with Gasteiger partial charge in [-0.3, -0.25) is 14.2 Å². The first-order chi connectivity index (χ1) is 13.1. The Hall–Kier alpha value is -2.32. The molecule has 0 unspecified atom stereocenters. The van der Waals surface area contributed by atoms with Crippen molar-refractivity contribution in [2.45, 2.75) is 30.8 Å². The molecule has 27 heavy (non-hydrogen) atoms. The molecule has 0 spiro atoms. The molecule has 2 aromatic heterocycles. The summed E-state index contributed by atoms with van der Waals surface area (Å²) in [6.45, 7) is 0. The first-order valence-electron chi connectivity index (χ1n) is 8.72. The van der Waals surface area contributed by atoms with E-state index in [0.29, 0.717) is 22.0 Å². The standard InChI is InChI=1S/C19H19N3O3S2/c1-25-13-8-4-3-7-12(13)22-18(24)16-11-6-2-5-9-14(11)27-17(16)21-19(22)26-10-15(20)23/h3-4,7-8H,2,5-6,9-10H2,1H3,(H2,20,23). The smallest absolute Gasteiger partial charge is 0.267 e. The Labute approximate surface area is 164 Å². The SMILES string of the molecule is COc1ccccc1-n1c(SCC(N)=O)nc2sc3c(c2c1=O)CCCC3. The average molecular weight is 402 g/mol. The van der Waals surface area contributed by atoms with Crippen molar-refractivity contribution in [1.82, 2.24) is 9.55 Å². The van der Waals surface area contributed by atoms with Crippen LogP contribution >= 0.6 is 23.1 Å². The summed E-state index contributed by atoms with van der Waals surface area (Å²) in [6.07, 6.45) is 4.13. The van der Waals surface area contributed by atoms with Crippen LogP contribution in [-0.2, 0) is 17.6 Å². The number of thioether (sulfide) groups is 1. The molecule has 140 valence electrons. The number of hydrogen-bond donors (Lipinski definition) is 1. The van der Waals surface area contributed by atoms with E-state index in [9.17, 15) is 9.59 Å². The molecule has 0 saturated heterocycles. The second-order valence-corrected chi connectivity index (χ2v) is 8.38. The summed E-state index contributed by atoms with van der Waals surface area (Å²) in [7, 11) is 1.57. The molecule has 6 nitrogen and oxygen atoms in total. The van der Waals surface area contributed by atoms with E-state index in [2.05, 4.69) is 0 Å². The van der Waals surface area contributed by atoms with Crippen LogP contribution in [0.2, 0.25) is 0 Å². The first-order valence-corrected chi connectivity index (χ1v) is 10.5. The van der Waals surface area contributed by atoms with Gasteiger partial charge in [0.15, 0.2) is 5.16 Å². The number of rotatable bonds is 5. The van der Waals surface area contributed by atoms with Crippen LogP contribution in [0.15, 0.2) is 34.2 Å². The Bertz CT molecular complexity index is 1090. The van der Waals surface area contributed by atoms with Crippen LogP contribution in [0.1, 0.15) is 23.3 Å². The van der Waals surface area contributed by atoms with Gasteiger partial charge in [0.25, 0.3) is 5.56 Å². The number of thiophene rings is 1. The molecule has 2 N–H and O–H groups in total. The third kappa shape index (κ3) is 3.23. The quantitative estimate of drug-likeness (QED) is 0.525. The molecule has 1 aliphatic rings. The van der Waals surface area contributed by atoms with Gasteiger partial charge in [0.2, 0.25) is 5.91 Å². The van der Waals surface area contributed by atoms with Crippen LogP contribution in [0.4, 0.5) is 0 Å². The maximum Gasteiger partial charge on any atom is 0.267 e. The number of nitrogens with two attached hydrogens (primary N) is 1. The Balaban J connectivity index is 2.01. The number of fused-ring (bicyclic) bond motifs is 3. The van der Waals surface area contributed by atoms with E-state index in [0.717, 1.165) is 36.1 Å². The average Bonchev–Trinajstić information content (AvgIpc) is 3.05. The predicted octanol–water partition coefficient (Wildman–Crippen LogP) is 2.91. The van der Waals surface area contributed by atoms with Gasteiger partial charge in [-0.05, 0) is 43.4 Å². The van der Waals surface area contributed by atoms with E-state index in [4.69, 9.17) is 15.5 Å². The van der Waals surface area contributed by atoms with E-state index < -0.39 is 5.91 Å². The lowest BCUT2D eigenvalue weighted by Gasteiger charge is -2.15. The van der Waals surface area contributed by atoms with E-state index in [1.54, 1.807) is 29.1 Å². The van der Waals surface area contributed by atoms with Gasteiger partial charge in [0.1, 0.15) is 10.6 Å². The summed E-state index contributed by atoms with van der Waals surface area (Å²) in [5.41, 5.74) is 6.95. The Morgan fingerprint density at radius 3 is 2.89 bits per heavy atom. The van der Waals surface area contributed by atoms with Crippen LogP contribution in [0.5, 0.6) is 5.75 Å². The van der Waals surface area contributed by atoms with E-state index >= 15 is 0 Å². The summed E-state index contributed by atoms with van der Waals surface area (Å²) >= 11 is 2.76. The number of primary amides is 1. The van der Waals surface area contributed by atoms with Crippen molar-refractivity contribution in [3.05, 3.63) is 45.1 Å². The van der Waals surface area contributed by atoms with Gasteiger partial charge < -0.3 is 10.5 Å². The zero-order valence-corrected chi connectivity index (χ0v) is 16.5. The normalized spacial score (nSPS) is 13.5. The molecular weight excluding hydrogens is 382 g/mol. The number of ether oxygens (including phenoxy) is 1. The zero-order valence-electron chi connectivity index (χ0n) is 14.9. The number of benzene rings is 1. The van der Waals surface area contributed by atoms with E-state index in [-0.39, 0.29) is 11.3 Å². The van der Waals surface area contributed by atoms with Gasteiger partial charge in [0, 0.05) is 4.88 Å². The maximum atomic E-state index is 13.5. The topological polar surface area (TPSA) is 87.2 Å². The van der Waals surface area contributed by atoms with E-state index in [1.807, 2.05) is 18.2 Å². The highest BCUT2D eigenvalue weighted by molar-refractivity contribution is 7.99. The van der Waals surface area contributed by atoms with Crippen molar-refractivity contribution in [3.8, 4) is 11.4 Å². The van der Waals surface area contributed by atoms with Gasteiger partial charge in [-0.25, -0.2) is 4.98 Å². The van der Waals surface area contributed by atoms with Crippen LogP contribution in [0.3, 0.4) is 0 Å². The third-order valence-electron chi connectivity index (χ3n) is 4.63. The van der Waals surface area contributed by atoms with Crippen molar-refractivity contribution in [2.24, 2.45) is 5.73 Å². The molecule has 4 rings (SSSR count). The number of aromatic nitrogens is 2. The number of para-hydroxylation sites is 2. The number of hydrogen-bond acceptors (Lipinski definition) is 6. The number of nitrogens with zero attached hydrogens (tertiary/aromatic N) is 2. The highest BCUT2D eigenvalue weighted by atomic mass is 32.2. The van der Waals surface area contributed by atoms with Crippen molar-refractivity contribution in [2.75, 3.05) is 12.9 Å². The molecule has 1 aromatic carbocycles. The van der Waals surface area contributed by atoms with Gasteiger partial charge in [-0.1, -0.05) is 23.9 Å². The van der Waals surface area contributed by atoms with Crippen LogP contribution in [-0.4, -0.2) is 28.3 Å². The van der Waals surface area contributed by atoms with Crippen LogP contribution in [0, 0.1) is 0 Å². The molecule has 0 bridgehead atoms. The molecule has 2 heterocycles. The second-order valence-electron chi connectivity index (χ2n) is 6.35. The van der Waals surface area contributed by atoms with Gasteiger partial charge in [-0.15, -0.1) is 11.3 Å². The molecule has 1 aliphatic carbocycles. The molecular formula is C19H19N3O3S2. The fourth-order valence-electron chi connectivity index (χ4n) is 3.45. The van der Waals surface area contributed by atoms with Crippen molar-refractivity contribution in [3.63, 3.8) is 0 Å². The number of methoxy groups -OCH3 is 1. The minimum absolute atomic E-state index is 0.0538.